The summed E-state index contributed by atoms with van der Waals surface area (Å²) in [7, 11) is 0. The summed E-state index contributed by atoms with van der Waals surface area (Å²) in [5.41, 5.74) is -0.534. The van der Waals surface area contributed by atoms with Crippen molar-refractivity contribution in [3.8, 4) is 0 Å². The number of hydrogen-bond donors (Lipinski definition) is 1. The molecule has 1 aromatic heterocycles. The number of amides is 2. The number of anilines is 1. The molecule has 0 unspecified atom stereocenters. The largest absolute Gasteiger partial charge is 0.360 e. The molecule has 0 fully saturated rings. The lowest BCUT2D eigenvalue weighted by atomic mass is 9.94. The van der Waals surface area contributed by atoms with E-state index in [9.17, 15) is 9.59 Å². The number of aromatic nitrogens is 1. The van der Waals surface area contributed by atoms with Crippen molar-refractivity contribution in [3.63, 3.8) is 0 Å². The summed E-state index contributed by atoms with van der Waals surface area (Å²) in [6.07, 6.45) is 0. The SMILES string of the molecule is CCN(CC)CCN(CC(=O)Nc1cc(C)on1)C(=O)C(C)(C)C. The van der Waals surface area contributed by atoms with E-state index in [4.69, 9.17) is 4.52 Å². The average molecular weight is 338 g/mol. The topological polar surface area (TPSA) is 78.7 Å². The fraction of sp³-hybridized carbons (Fsp3) is 0.706. The Morgan fingerprint density at radius 2 is 1.83 bits per heavy atom. The van der Waals surface area contributed by atoms with E-state index in [1.165, 1.54) is 0 Å². The third kappa shape index (κ3) is 6.31. The zero-order valence-electron chi connectivity index (χ0n) is 15.7. The van der Waals surface area contributed by atoms with Gasteiger partial charge in [0, 0.05) is 24.6 Å². The van der Waals surface area contributed by atoms with Gasteiger partial charge in [0.2, 0.25) is 11.8 Å². The Morgan fingerprint density at radius 1 is 1.21 bits per heavy atom. The molecule has 0 bridgehead atoms. The molecule has 2 amide bonds. The first-order valence-electron chi connectivity index (χ1n) is 8.42. The maximum absolute atomic E-state index is 12.6. The van der Waals surface area contributed by atoms with Crippen molar-refractivity contribution in [1.82, 2.24) is 15.0 Å². The zero-order valence-corrected chi connectivity index (χ0v) is 15.7. The minimum atomic E-state index is -0.534. The monoisotopic (exact) mass is 338 g/mol. The molecule has 136 valence electrons. The standard InChI is InChI=1S/C17H30N4O3/c1-7-20(8-2)9-10-21(16(23)17(4,5)6)12-15(22)18-14-11-13(3)24-19-14/h11H,7-10,12H2,1-6H3,(H,18,19,22). The summed E-state index contributed by atoms with van der Waals surface area (Å²) in [6, 6.07) is 1.64. The third-order valence-corrected chi connectivity index (χ3v) is 3.74. The van der Waals surface area contributed by atoms with Gasteiger partial charge in [0.1, 0.15) is 5.76 Å². The molecular formula is C17H30N4O3. The molecule has 0 aliphatic heterocycles. The van der Waals surface area contributed by atoms with E-state index in [-0.39, 0.29) is 18.4 Å². The number of carbonyl (C=O) groups is 2. The van der Waals surface area contributed by atoms with Crippen LogP contribution < -0.4 is 5.32 Å². The number of nitrogens with zero attached hydrogens (tertiary/aromatic N) is 3. The van der Waals surface area contributed by atoms with Gasteiger partial charge < -0.3 is 19.6 Å². The summed E-state index contributed by atoms with van der Waals surface area (Å²) in [4.78, 5) is 28.7. The van der Waals surface area contributed by atoms with Crippen molar-refractivity contribution in [3.05, 3.63) is 11.8 Å². The second-order valence-corrected chi connectivity index (χ2v) is 6.87. The Kier molecular flexibility index (Phi) is 7.41. The number of hydrogen-bond acceptors (Lipinski definition) is 5. The van der Waals surface area contributed by atoms with E-state index in [2.05, 4.69) is 29.2 Å². The van der Waals surface area contributed by atoms with Gasteiger partial charge >= 0.3 is 0 Å². The highest BCUT2D eigenvalue weighted by Crippen LogP contribution is 2.17. The summed E-state index contributed by atoms with van der Waals surface area (Å²) in [5, 5.41) is 6.40. The highest BCUT2D eigenvalue weighted by atomic mass is 16.5. The van der Waals surface area contributed by atoms with Crippen LogP contribution in [0.3, 0.4) is 0 Å². The van der Waals surface area contributed by atoms with Crippen LogP contribution in [0.5, 0.6) is 0 Å². The molecule has 0 spiro atoms. The van der Waals surface area contributed by atoms with Crippen molar-refractivity contribution >= 4 is 17.6 Å². The van der Waals surface area contributed by atoms with Crippen molar-refractivity contribution in [1.29, 1.82) is 0 Å². The molecule has 0 atom stereocenters. The maximum atomic E-state index is 12.6. The van der Waals surface area contributed by atoms with Gasteiger partial charge in [0.25, 0.3) is 0 Å². The van der Waals surface area contributed by atoms with Crippen molar-refractivity contribution in [2.75, 3.05) is 38.0 Å². The van der Waals surface area contributed by atoms with Gasteiger partial charge in [0.05, 0.1) is 6.54 Å². The van der Waals surface area contributed by atoms with Crippen molar-refractivity contribution in [2.45, 2.75) is 41.5 Å². The number of nitrogens with one attached hydrogen (secondary N) is 1. The van der Waals surface area contributed by atoms with Crippen LogP contribution in [0.2, 0.25) is 0 Å². The highest BCUT2D eigenvalue weighted by Gasteiger charge is 2.28. The Labute approximate surface area is 144 Å². The molecule has 0 aromatic carbocycles. The van der Waals surface area contributed by atoms with Crippen LogP contribution in [0.25, 0.3) is 0 Å². The van der Waals surface area contributed by atoms with Gasteiger partial charge in [-0.3, -0.25) is 9.59 Å². The minimum Gasteiger partial charge on any atom is -0.360 e. The lowest BCUT2D eigenvalue weighted by Crippen LogP contribution is -2.47. The van der Waals surface area contributed by atoms with Gasteiger partial charge in [-0.2, -0.15) is 0 Å². The summed E-state index contributed by atoms with van der Waals surface area (Å²) >= 11 is 0. The van der Waals surface area contributed by atoms with Crippen LogP contribution in [-0.4, -0.2) is 59.5 Å². The molecule has 1 aromatic rings. The predicted octanol–water partition coefficient (Wildman–Crippen LogP) is 2.14. The smallest absolute Gasteiger partial charge is 0.245 e. The Hall–Kier alpha value is -1.89. The van der Waals surface area contributed by atoms with E-state index >= 15 is 0 Å². The molecule has 1 N–H and O–H groups in total. The van der Waals surface area contributed by atoms with Crippen LogP contribution in [0, 0.1) is 12.3 Å². The number of rotatable bonds is 8. The third-order valence-electron chi connectivity index (χ3n) is 3.74. The Morgan fingerprint density at radius 3 is 2.29 bits per heavy atom. The Bertz CT molecular complexity index is 544. The van der Waals surface area contributed by atoms with E-state index in [1.807, 2.05) is 20.8 Å². The molecular weight excluding hydrogens is 308 g/mol. The molecule has 0 aliphatic rings. The number of aryl methyl sites for hydroxylation is 1. The summed E-state index contributed by atoms with van der Waals surface area (Å²) in [5.74, 6) is 0.667. The van der Waals surface area contributed by atoms with Gasteiger partial charge in [-0.05, 0) is 20.0 Å². The van der Waals surface area contributed by atoms with Crippen LogP contribution in [0.15, 0.2) is 10.6 Å². The summed E-state index contributed by atoms with van der Waals surface area (Å²) in [6.45, 7) is 14.6. The van der Waals surface area contributed by atoms with Crippen molar-refractivity contribution < 1.29 is 14.1 Å². The minimum absolute atomic E-state index is 0.00325. The lowest BCUT2D eigenvalue weighted by Gasteiger charge is -2.31. The maximum Gasteiger partial charge on any atom is 0.245 e. The number of likely N-dealkylation sites (N-methyl/N-ethyl adjacent to an activating group) is 1. The van der Waals surface area contributed by atoms with E-state index in [0.717, 1.165) is 19.6 Å². The zero-order chi connectivity index (χ0) is 18.3. The van der Waals surface area contributed by atoms with Gasteiger partial charge in [-0.25, -0.2) is 0 Å². The molecule has 0 radical (unpaired) electrons. The first-order valence-corrected chi connectivity index (χ1v) is 8.42. The van der Waals surface area contributed by atoms with Crippen LogP contribution in [0.1, 0.15) is 40.4 Å². The fourth-order valence-electron chi connectivity index (χ4n) is 2.31. The highest BCUT2D eigenvalue weighted by molar-refractivity contribution is 5.94. The number of carbonyl (C=O) groups excluding carboxylic acids is 2. The normalized spacial score (nSPS) is 11.6. The molecule has 0 saturated heterocycles. The van der Waals surface area contributed by atoms with Crippen LogP contribution >= 0.6 is 0 Å². The van der Waals surface area contributed by atoms with Gasteiger partial charge in [-0.1, -0.05) is 39.8 Å². The van der Waals surface area contributed by atoms with E-state index < -0.39 is 5.41 Å². The van der Waals surface area contributed by atoms with E-state index in [0.29, 0.717) is 18.1 Å². The molecule has 1 rings (SSSR count). The Balaban J connectivity index is 2.72. The molecule has 24 heavy (non-hydrogen) atoms. The van der Waals surface area contributed by atoms with Gasteiger partial charge in [-0.15, -0.1) is 0 Å². The first kappa shape index (κ1) is 20.2. The molecule has 1 heterocycles. The van der Waals surface area contributed by atoms with Gasteiger partial charge in [0.15, 0.2) is 5.82 Å². The van der Waals surface area contributed by atoms with E-state index in [1.54, 1.807) is 17.9 Å². The quantitative estimate of drug-likeness (QED) is 0.785. The average Bonchev–Trinajstić information content (AvgIpc) is 2.90. The molecule has 0 aliphatic carbocycles. The fourth-order valence-corrected chi connectivity index (χ4v) is 2.31. The second-order valence-electron chi connectivity index (χ2n) is 6.87. The van der Waals surface area contributed by atoms with Crippen LogP contribution in [-0.2, 0) is 9.59 Å². The second kappa shape index (κ2) is 8.82. The molecule has 0 saturated carbocycles. The first-order chi connectivity index (χ1) is 11.2. The summed E-state index contributed by atoms with van der Waals surface area (Å²) < 4.78 is 4.93. The lowest BCUT2D eigenvalue weighted by molar-refractivity contribution is -0.142. The molecule has 7 nitrogen and oxygen atoms in total. The molecule has 7 heteroatoms. The van der Waals surface area contributed by atoms with Crippen molar-refractivity contribution in [2.24, 2.45) is 5.41 Å². The predicted molar refractivity (Wildman–Crippen MR) is 93.7 cm³/mol. The van der Waals surface area contributed by atoms with Crippen LogP contribution in [0.4, 0.5) is 5.82 Å².